The maximum absolute atomic E-state index is 11.8. The molecule has 0 atom stereocenters. The van der Waals surface area contributed by atoms with Crippen LogP contribution in [-0.2, 0) is 16.0 Å². The number of amides is 2. The van der Waals surface area contributed by atoms with Crippen LogP contribution in [-0.4, -0.2) is 36.3 Å². The zero-order valence-corrected chi connectivity index (χ0v) is 13.2. The van der Waals surface area contributed by atoms with E-state index in [-0.39, 0.29) is 18.2 Å². The summed E-state index contributed by atoms with van der Waals surface area (Å²) in [5.41, 5.74) is 0.923. The van der Waals surface area contributed by atoms with Crippen molar-refractivity contribution >= 4 is 35.0 Å². The average Bonchev–Trinajstić information content (AvgIpc) is 2.95. The van der Waals surface area contributed by atoms with Crippen LogP contribution in [0.3, 0.4) is 0 Å². The van der Waals surface area contributed by atoms with Crippen molar-refractivity contribution in [2.24, 2.45) is 0 Å². The molecule has 0 aromatic heterocycles. The molecule has 4 nitrogen and oxygen atoms in total. The smallest absolute Gasteiger partial charge is 0.232 e. The molecular weight excluding hydrogens is 311 g/mol. The quantitative estimate of drug-likeness (QED) is 0.845. The minimum atomic E-state index is -0.239. The van der Waals surface area contributed by atoms with Gasteiger partial charge in [-0.25, -0.2) is 0 Å². The Morgan fingerprint density at radius 3 is 2.57 bits per heavy atom. The summed E-state index contributed by atoms with van der Waals surface area (Å²) >= 11 is 11.9. The summed E-state index contributed by atoms with van der Waals surface area (Å²) in [4.78, 5) is 25.3. The molecule has 1 fully saturated rings. The molecule has 114 valence electrons. The van der Waals surface area contributed by atoms with E-state index in [0.717, 1.165) is 31.5 Å². The number of carbonyl (C=O) groups excluding carboxylic acids is 2. The molecule has 0 spiro atoms. The van der Waals surface area contributed by atoms with E-state index in [1.54, 1.807) is 17.0 Å². The fraction of sp³-hybridized carbons (Fsp3) is 0.467. The number of hydrogen-bond acceptors (Lipinski definition) is 2. The molecule has 0 aliphatic carbocycles. The van der Waals surface area contributed by atoms with Gasteiger partial charge in [-0.05, 0) is 37.0 Å². The highest BCUT2D eigenvalue weighted by Crippen LogP contribution is 2.21. The largest absolute Gasteiger partial charge is 0.355 e. The molecule has 1 N–H and O–H groups in total. The van der Waals surface area contributed by atoms with E-state index in [1.807, 2.05) is 6.07 Å². The lowest BCUT2D eigenvalue weighted by Gasteiger charge is -2.14. The summed E-state index contributed by atoms with van der Waals surface area (Å²) in [6.07, 6.45) is 2.60. The van der Waals surface area contributed by atoms with E-state index in [0.29, 0.717) is 23.0 Å². The Bertz CT molecular complexity index is 528. The molecule has 2 rings (SSSR count). The molecule has 1 aliphatic rings. The van der Waals surface area contributed by atoms with Crippen LogP contribution in [0.4, 0.5) is 0 Å². The van der Waals surface area contributed by atoms with Gasteiger partial charge < -0.3 is 10.2 Å². The van der Waals surface area contributed by atoms with Crippen LogP contribution in [0.1, 0.15) is 24.8 Å². The van der Waals surface area contributed by atoms with Crippen LogP contribution in [0.5, 0.6) is 0 Å². The Morgan fingerprint density at radius 1 is 1.19 bits per heavy atom. The molecule has 1 saturated heterocycles. The summed E-state index contributed by atoms with van der Waals surface area (Å²) in [5, 5.41) is 3.92. The van der Waals surface area contributed by atoms with E-state index in [9.17, 15) is 9.59 Å². The molecule has 0 bridgehead atoms. The molecule has 1 aliphatic heterocycles. The first-order valence-corrected chi connectivity index (χ1v) is 7.80. The lowest BCUT2D eigenvalue weighted by molar-refractivity contribution is -0.135. The fourth-order valence-electron chi connectivity index (χ4n) is 2.34. The second-order valence-corrected chi connectivity index (χ2v) is 5.94. The van der Waals surface area contributed by atoms with Crippen molar-refractivity contribution in [3.63, 3.8) is 0 Å². The van der Waals surface area contributed by atoms with Crippen molar-refractivity contribution < 1.29 is 9.59 Å². The molecule has 0 radical (unpaired) electrons. The van der Waals surface area contributed by atoms with E-state index in [1.165, 1.54) is 0 Å². The van der Waals surface area contributed by atoms with Crippen LogP contribution in [0.15, 0.2) is 18.2 Å². The topological polar surface area (TPSA) is 49.4 Å². The van der Waals surface area contributed by atoms with Crippen LogP contribution in [0.2, 0.25) is 10.0 Å². The molecule has 6 heteroatoms. The van der Waals surface area contributed by atoms with Crippen LogP contribution in [0.25, 0.3) is 0 Å². The van der Waals surface area contributed by atoms with Gasteiger partial charge in [-0.2, -0.15) is 0 Å². The first-order valence-electron chi connectivity index (χ1n) is 7.04. The second-order valence-electron chi connectivity index (χ2n) is 5.10. The summed E-state index contributed by atoms with van der Waals surface area (Å²) in [5.74, 6) is -0.327. The minimum Gasteiger partial charge on any atom is -0.355 e. The SMILES string of the molecule is O=C(CC(=O)N1CCCC1)NCCc1ccc(Cl)cc1Cl. The van der Waals surface area contributed by atoms with Gasteiger partial charge in [0.05, 0.1) is 0 Å². The van der Waals surface area contributed by atoms with Crippen molar-refractivity contribution in [2.75, 3.05) is 19.6 Å². The number of benzene rings is 1. The maximum Gasteiger partial charge on any atom is 0.232 e. The first kappa shape index (κ1) is 16.1. The normalized spacial score (nSPS) is 14.3. The molecule has 1 aromatic rings. The van der Waals surface area contributed by atoms with Crippen LogP contribution in [0, 0.1) is 0 Å². The number of carbonyl (C=O) groups is 2. The van der Waals surface area contributed by atoms with Crippen molar-refractivity contribution in [2.45, 2.75) is 25.7 Å². The summed E-state index contributed by atoms with van der Waals surface area (Å²) < 4.78 is 0. The third-order valence-corrected chi connectivity index (χ3v) is 4.09. The molecule has 0 saturated carbocycles. The average molecular weight is 329 g/mol. The Balaban J connectivity index is 1.72. The Morgan fingerprint density at radius 2 is 1.90 bits per heavy atom. The van der Waals surface area contributed by atoms with Gasteiger partial charge in [0.2, 0.25) is 11.8 Å². The molecule has 1 heterocycles. The Hall–Kier alpha value is -1.26. The maximum atomic E-state index is 11.8. The van der Waals surface area contributed by atoms with Gasteiger partial charge in [0, 0.05) is 29.7 Å². The molecule has 0 unspecified atom stereocenters. The van der Waals surface area contributed by atoms with Gasteiger partial charge in [0.15, 0.2) is 0 Å². The minimum absolute atomic E-state index is 0.0750. The standard InChI is InChI=1S/C15H18Cl2N2O2/c16-12-4-3-11(13(17)9-12)5-6-18-14(20)10-15(21)19-7-1-2-8-19/h3-4,9H,1-2,5-8,10H2,(H,18,20). The number of hydrogen-bond donors (Lipinski definition) is 1. The zero-order valence-electron chi connectivity index (χ0n) is 11.7. The predicted molar refractivity (Wildman–Crippen MR) is 83.6 cm³/mol. The van der Waals surface area contributed by atoms with Crippen molar-refractivity contribution in [1.82, 2.24) is 10.2 Å². The monoisotopic (exact) mass is 328 g/mol. The third-order valence-electron chi connectivity index (χ3n) is 3.50. The summed E-state index contributed by atoms with van der Waals surface area (Å²) in [6.45, 7) is 1.99. The molecule has 2 amide bonds. The van der Waals surface area contributed by atoms with E-state index >= 15 is 0 Å². The molecule has 21 heavy (non-hydrogen) atoms. The fourth-order valence-corrected chi connectivity index (χ4v) is 2.84. The lowest BCUT2D eigenvalue weighted by Crippen LogP contribution is -2.34. The highest BCUT2D eigenvalue weighted by molar-refractivity contribution is 6.35. The van der Waals surface area contributed by atoms with Crippen molar-refractivity contribution in [1.29, 1.82) is 0 Å². The Kier molecular flexibility index (Phi) is 5.88. The number of nitrogens with zero attached hydrogens (tertiary/aromatic N) is 1. The van der Waals surface area contributed by atoms with E-state index in [4.69, 9.17) is 23.2 Å². The number of halogens is 2. The van der Waals surface area contributed by atoms with Crippen molar-refractivity contribution in [3.05, 3.63) is 33.8 Å². The summed E-state index contributed by atoms with van der Waals surface area (Å²) in [7, 11) is 0. The zero-order chi connectivity index (χ0) is 15.2. The number of likely N-dealkylation sites (tertiary alicyclic amines) is 1. The van der Waals surface area contributed by atoms with Gasteiger partial charge in [0.25, 0.3) is 0 Å². The third kappa shape index (κ3) is 4.90. The second kappa shape index (κ2) is 7.66. The van der Waals surface area contributed by atoms with Gasteiger partial charge in [0.1, 0.15) is 6.42 Å². The number of nitrogens with one attached hydrogen (secondary N) is 1. The van der Waals surface area contributed by atoms with Gasteiger partial charge in [-0.15, -0.1) is 0 Å². The Labute approximate surface area is 134 Å². The van der Waals surface area contributed by atoms with Gasteiger partial charge in [-0.3, -0.25) is 9.59 Å². The van der Waals surface area contributed by atoms with Crippen LogP contribution < -0.4 is 5.32 Å². The lowest BCUT2D eigenvalue weighted by atomic mass is 10.1. The predicted octanol–water partition coefficient (Wildman–Crippen LogP) is 2.66. The van der Waals surface area contributed by atoms with E-state index < -0.39 is 0 Å². The molecular formula is C15H18Cl2N2O2. The first-order chi connectivity index (χ1) is 10.1. The highest BCUT2D eigenvalue weighted by Gasteiger charge is 2.20. The summed E-state index contributed by atoms with van der Waals surface area (Å²) in [6, 6.07) is 5.28. The van der Waals surface area contributed by atoms with Gasteiger partial charge >= 0.3 is 0 Å². The van der Waals surface area contributed by atoms with Crippen LogP contribution >= 0.6 is 23.2 Å². The van der Waals surface area contributed by atoms with Gasteiger partial charge in [-0.1, -0.05) is 29.3 Å². The van der Waals surface area contributed by atoms with E-state index in [2.05, 4.69) is 5.32 Å². The van der Waals surface area contributed by atoms with Crippen molar-refractivity contribution in [3.8, 4) is 0 Å². The molecule has 1 aromatic carbocycles. The highest BCUT2D eigenvalue weighted by atomic mass is 35.5. The number of rotatable bonds is 5.